The lowest BCUT2D eigenvalue weighted by Crippen LogP contribution is -2.18. The zero-order valence-corrected chi connectivity index (χ0v) is 9.26. The standard InChI is InChI=1S/C6H3ClF2N2O5S/c7-17(15,16)4-3(11(13)14)2(5(8)9)1-10-6(4)12/h1,5H,(H,10,12). The van der Waals surface area contributed by atoms with Crippen molar-refractivity contribution in [3.8, 4) is 0 Å². The summed E-state index contributed by atoms with van der Waals surface area (Å²) in [5, 5.41) is 10.5. The van der Waals surface area contributed by atoms with Crippen molar-refractivity contribution in [2.45, 2.75) is 11.3 Å². The Morgan fingerprint density at radius 2 is 2.00 bits per heavy atom. The van der Waals surface area contributed by atoms with Crippen LogP contribution in [0.2, 0.25) is 0 Å². The van der Waals surface area contributed by atoms with Gasteiger partial charge in [-0.05, 0) is 0 Å². The Labute approximate surface area is 96.6 Å². The highest BCUT2D eigenvalue weighted by molar-refractivity contribution is 8.13. The fourth-order valence-corrected chi connectivity index (χ4v) is 2.23. The van der Waals surface area contributed by atoms with Crippen LogP contribution >= 0.6 is 10.7 Å². The Hall–Kier alpha value is -1.55. The largest absolute Gasteiger partial charge is 0.327 e. The number of nitro groups is 1. The first kappa shape index (κ1) is 13.5. The van der Waals surface area contributed by atoms with Crippen molar-refractivity contribution in [1.82, 2.24) is 4.98 Å². The Bertz CT molecular complexity index is 626. The molecule has 11 heteroatoms. The van der Waals surface area contributed by atoms with E-state index in [2.05, 4.69) is 0 Å². The van der Waals surface area contributed by atoms with Crippen LogP contribution in [0, 0.1) is 10.1 Å². The van der Waals surface area contributed by atoms with Crippen molar-refractivity contribution in [1.29, 1.82) is 0 Å². The summed E-state index contributed by atoms with van der Waals surface area (Å²) in [5.41, 5.74) is -4.18. The maximum atomic E-state index is 12.4. The van der Waals surface area contributed by atoms with Gasteiger partial charge >= 0.3 is 5.69 Å². The fourth-order valence-electron chi connectivity index (χ4n) is 1.10. The average molecular weight is 289 g/mol. The van der Waals surface area contributed by atoms with E-state index in [9.17, 15) is 32.1 Å². The zero-order chi connectivity index (χ0) is 13.4. The number of nitrogens with zero attached hydrogens (tertiary/aromatic N) is 1. The molecule has 1 aromatic heterocycles. The summed E-state index contributed by atoms with van der Waals surface area (Å²) in [7, 11) is -0.0191. The third-order valence-corrected chi connectivity index (χ3v) is 3.04. The second-order valence-corrected chi connectivity index (χ2v) is 5.25. The molecule has 0 amide bonds. The predicted molar refractivity (Wildman–Crippen MR) is 51.7 cm³/mol. The lowest BCUT2D eigenvalue weighted by molar-refractivity contribution is -0.389. The van der Waals surface area contributed by atoms with E-state index in [1.165, 1.54) is 0 Å². The highest BCUT2D eigenvalue weighted by atomic mass is 35.7. The van der Waals surface area contributed by atoms with Gasteiger partial charge in [0, 0.05) is 16.9 Å². The van der Waals surface area contributed by atoms with Gasteiger partial charge in [-0.2, -0.15) is 0 Å². The van der Waals surface area contributed by atoms with Crippen molar-refractivity contribution < 1.29 is 22.1 Å². The van der Waals surface area contributed by atoms with Crippen molar-refractivity contribution in [3.63, 3.8) is 0 Å². The predicted octanol–water partition coefficient (Wildman–Crippen LogP) is 1.15. The first-order chi connectivity index (χ1) is 7.66. The number of H-pyrrole nitrogens is 1. The topological polar surface area (TPSA) is 110 Å². The molecule has 17 heavy (non-hydrogen) atoms. The zero-order valence-electron chi connectivity index (χ0n) is 7.69. The fraction of sp³-hybridized carbons (Fsp3) is 0.167. The molecule has 0 fully saturated rings. The van der Waals surface area contributed by atoms with Crippen LogP contribution in [0.25, 0.3) is 0 Å². The number of rotatable bonds is 3. The van der Waals surface area contributed by atoms with Crippen molar-refractivity contribution in [2.24, 2.45) is 0 Å². The third-order valence-electron chi connectivity index (χ3n) is 1.71. The molecule has 0 bridgehead atoms. The van der Waals surface area contributed by atoms with Gasteiger partial charge in [-0.3, -0.25) is 14.9 Å². The summed E-state index contributed by atoms with van der Waals surface area (Å²) in [6, 6.07) is 0. The quantitative estimate of drug-likeness (QED) is 0.509. The summed E-state index contributed by atoms with van der Waals surface area (Å²) < 4.78 is 46.7. The highest BCUT2D eigenvalue weighted by Gasteiger charge is 2.34. The van der Waals surface area contributed by atoms with Gasteiger partial charge in [0.25, 0.3) is 21.0 Å². The van der Waals surface area contributed by atoms with Crippen LogP contribution < -0.4 is 5.56 Å². The molecule has 1 heterocycles. The monoisotopic (exact) mass is 288 g/mol. The molecule has 0 atom stereocenters. The molecule has 1 rings (SSSR count). The summed E-state index contributed by atoms with van der Waals surface area (Å²) in [6.45, 7) is 0. The minimum Gasteiger partial charge on any atom is -0.327 e. The van der Waals surface area contributed by atoms with Crippen LogP contribution in [0.5, 0.6) is 0 Å². The molecule has 7 nitrogen and oxygen atoms in total. The van der Waals surface area contributed by atoms with Gasteiger partial charge in [0.15, 0.2) is 0 Å². The summed E-state index contributed by atoms with van der Waals surface area (Å²) >= 11 is 0. The van der Waals surface area contributed by atoms with Gasteiger partial charge < -0.3 is 4.98 Å². The Balaban J connectivity index is 3.87. The molecular weight excluding hydrogens is 286 g/mol. The van der Waals surface area contributed by atoms with Crippen LogP contribution in [-0.2, 0) is 9.05 Å². The number of hydrogen-bond acceptors (Lipinski definition) is 5. The molecule has 0 aromatic carbocycles. The van der Waals surface area contributed by atoms with Gasteiger partial charge in [-0.25, -0.2) is 17.2 Å². The van der Waals surface area contributed by atoms with E-state index in [1.54, 1.807) is 4.98 Å². The first-order valence-corrected chi connectivity index (χ1v) is 6.10. The maximum absolute atomic E-state index is 12.4. The van der Waals surface area contributed by atoms with Crippen LogP contribution in [0.3, 0.4) is 0 Å². The minimum atomic E-state index is -4.81. The van der Waals surface area contributed by atoms with Gasteiger partial charge in [0.05, 0.1) is 4.92 Å². The number of pyridine rings is 1. The molecule has 0 saturated carbocycles. The number of nitrogens with one attached hydrogen (secondary N) is 1. The molecule has 0 aliphatic heterocycles. The Morgan fingerprint density at radius 3 is 2.35 bits per heavy atom. The number of halogens is 3. The van der Waals surface area contributed by atoms with E-state index in [-0.39, 0.29) is 0 Å². The normalized spacial score (nSPS) is 11.8. The smallest absolute Gasteiger partial charge is 0.305 e. The van der Waals surface area contributed by atoms with E-state index in [0.29, 0.717) is 6.20 Å². The number of aromatic nitrogens is 1. The van der Waals surface area contributed by atoms with Crippen molar-refractivity contribution in [3.05, 3.63) is 32.2 Å². The Morgan fingerprint density at radius 1 is 1.47 bits per heavy atom. The van der Waals surface area contributed by atoms with Crippen LogP contribution in [0.1, 0.15) is 12.0 Å². The van der Waals surface area contributed by atoms with E-state index in [0.717, 1.165) is 0 Å². The molecule has 0 radical (unpaired) electrons. The molecule has 0 saturated heterocycles. The van der Waals surface area contributed by atoms with E-state index < -0.39 is 42.1 Å². The molecule has 0 unspecified atom stereocenters. The summed E-state index contributed by atoms with van der Waals surface area (Å²) in [4.78, 5) is 20.4. The van der Waals surface area contributed by atoms with Crippen LogP contribution in [0.15, 0.2) is 15.9 Å². The number of aromatic amines is 1. The van der Waals surface area contributed by atoms with Crippen molar-refractivity contribution in [2.75, 3.05) is 0 Å². The molecule has 0 spiro atoms. The van der Waals surface area contributed by atoms with E-state index in [4.69, 9.17) is 10.7 Å². The van der Waals surface area contributed by atoms with Gasteiger partial charge in [-0.15, -0.1) is 0 Å². The SMILES string of the molecule is O=c1[nH]cc(C(F)F)c([N+](=O)[O-])c1S(=O)(=O)Cl. The van der Waals surface area contributed by atoms with E-state index >= 15 is 0 Å². The van der Waals surface area contributed by atoms with Crippen LogP contribution in [-0.4, -0.2) is 18.3 Å². The molecule has 0 aliphatic rings. The molecular formula is C6H3ClF2N2O5S. The Kier molecular flexibility index (Phi) is 3.48. The maximum Gasteiger partial charge on any atom is 0.305 e. The third kappa shape index (κ3) is 2.58. The summed E-state index contributed by atoms with van der Waals surface area (Å²) in [5.74, 6) is 0. The molecule has 1 N–H and O–H groups in total. The van der Waals surface area contributed by atoms with E-state index in [1.807, 2.05) is 0 Å². The molecule has 94 valence electrons. The van der Waals surface area contributed by atoms with Gasteiger partial charge in [0.1, 0.15) is 5.56 Å². The average Bonchev–Trinajstić information content (AvgIpc) is 2.14. The minimum absolute atomic E-state index is 0.372. The lowest BCUT2D eigenvalue weighted by atomic mass is 10.2. The van der Waals surface area contributed by atoms with Crippen LogP contribution in [0.4, 0.5) is 14.5 Å². The van der Waals surface area contributed by atoms with Crippen molar-refractivity contribution >= 4 is 25.4 Å². The molecule has 1 aromatic rings. The summed E-state index contributed by atoms with van der Waals surface area (Å²) in [6.07, 6.45) is -2.96. The highest BCUT2D eigenvalue weighted by Crippen LogP contribution is 2.32. The lowest BCUT2D eigenvalue weighted by Gasteiger charge is -2.03. The number of alkyl halides is 2. The van der Waals surface area contributed by atoms with Gasteiger partial charge in [0.2, 0.25) is 4.90 Å². The second-order valence-electron chi connectivity index (χ2n) is 2.75. The van der Waals surface area contributed by atoms with Gasteiger partial charge in [-0.1, -0.05) is 0 Å². The number of hydrogen-bond donors (Lipinski definition) is 1. The molecule has 0 aliphatic carbocycles. The first-order valence-electron chi connectivity index (χ1n) is 3.79. The second kappa shape index (κ2) is 4.37.